The Morgan fingerprint density at radius 2 is 1.06 bits per heavy atom. The summed E-state index contributed by atoms with van der Waals surface area (Å²) >= 11 is 0. The molecule has 0 heterocycles. The van der Waals surface area contributed by atoms with E-state index in [2.05, 4.69) is 71.0 Å². The first-order valence-corrected chi connectivity index (χ1v) is 15.4. The highest BCUT2D eigenvalue weighted by atomic mass is 14.5. The molecule has 0 unspecified atom stereocenters. The maximum Gasteiger partial charge on any atom is 0.0215 e. The van der Waals surface area contributed by atoms with Crippen LogP contribution >= 0.6 is 0 Å². The molecule has 0 saturated heterocycles. The number of benzene rings is 2. The van der Waals surface area contributed by atoms with Crippen LogP contribution in [0.2, 0.25) is 0 Å². The predicted molar refractivity (Wildman–Crippen MR) is 157 cm³/mol. The van der Waals surface area contributed by atoms with Crippen LogP contribution < -0.4 is 0 Å². The molecule has 35 heavy (non-hydrogen) atoms. The van der Waals surface area contributed by atoms with Crippen molar-refractivity contribution in [3.8, 4) is 11.1 Å². The Balaban J connectivity index is 1.95. The average molecular weight is 475 g/mol. The molecule has 0 N–H and O–H groups in total. The third kappa shape index (κ3) is 6.81. The first-order valence-electron chi connectivity index (χ1n) is 15.4. The second-order valence-electron chi connectivity index (χ2n) is 11.5. The molecule has 0 spiro atoms. The number of hydrogen-bond donors (Lipinski definition) is 0. The standard InChI is InChI=1S/C35H54/c1-6-10-12-14-16-18-24-35(25-19-17-15-13-11-7-2)33-26-28(5)20-22-31(33)32-23-21-30(27-34(32)35)29(8-3)9-4/h20-23,26-27,29H,6-19,24-25H2,1-5H3. The molecule has 0 aliphatic heterocycles. The average Bonchev–Trinajstić information content (AvgIpc) is 3.13. The van der Waals surface area contributed by atoms with E-state index in [0.29, 0.717) is 5.92 Å². The van der Waals surface area contributed by atoms with Crippen molar-refractivity contribution in [3.63, 3.8) is 0 Å². The van der Waals surface area contributed by atoms with Gasteiger partial charge in [0.2, 0.25) is 0 Å². The van der Waals surface area contributed by atoms with Gasteiger partial charge in [-0.25, -0.2) is 0 Å². The maximum absolute atomic E-state index is 2.66. The molecule has 0 amide bonds. The van der Waals surface area contributed by atoms with Crippen molar-refractivity contribution in [2.24, 2.45) is 0 Å². The molecule has 1 aliphatic rings. The predicted octanol–water partition coefficient (Wildman–Crippen LogP) is 11.7. The zero-order valence-electron chi connectivity index (χ0n) is 23.9. The van der Waals surface area contributed by atoms with Crippen LogP contribution in [0.25, 0.3) is 11.1 Å². The SMILES string of the molecule is CCCCCCCCC1(CCCCCCCC)c2cc(C)ccc2-c2ccc(C(CC)CC)cc21. The van der Waals surface area contributed by atoms with Crippen LogP contribution in [0.4, 0.5) is 0 Å². The number of unbranched alkanes of at least 4 members (excludes halogenated alkanes) is 10. The highest BCUT2D eigenvalue weighted by Gasteiger charge is 2.42. The van der Waals surface area contributed by atoms with E-state index in [0.717, 1.165) is 0 Å². The molecule has 0 radical (unpaired) electrons. The zero-order chi connectivity index (χ0) is 25.1. The van der Waals surface area contributed by atoms with Crippen molar-refractivity contribution < 1.29 is 0 Å². The van der Waals surface area contributed by atoms with Gasteiger partial charge in [-0.05, 0) is 66.3 Å². The Labute approximate surface area is 218 Å². The van der Waals surface area contributed by atoms with E-state index in [4.69, 9.17) is 0 Å². The largest absolute Gasteiger partial charge is 0.0654 e. The molecule has 3 rings (SSSR count). The van der Waals surface area contributed by atoms with Gasteiger partial charge >= 0.3 is 0 Å². The van der Waals surface area contributed by atoms with E-state index in [1.165, 1.54) is 119 Å². The minimum absolute atomic E-state index is 0.217. The minimum atomic E-state index is 0.217. The fourth-order valence-electron chi connectivity index (χ4n) is 6.72. The molecule has 0 bridgehead atoms. The molecular weight excluding hydrogens is 420 g/mol. The van der Waals surface area contributed by atoms with Gasteiger partial charge in [-0.15, -0.1) is 0 Å². The van der Waals surface area contributed by atoms with Gasteiger partial charge in [0.15, 0.2) is 0 Å². The third-order valence-electron chi connectivity index (χ3n) is 8.91. The summed E-state index contributed by atoms with van der Waals surface area (Å²) in [4.78, 5) is 0. The first-order chi connectivity index (χ1) is 17.1. The van der Waals surface area contributed by atoms with E-state index in [1.54, 1.807) is 16.7 Å². The Bertz CT molecular complexity index is 869. The van der Waals surface area contributed by atoms with Crippen molar-refractivity contribution in [1.82, 2.24) is 0 Å². The normalized spacial score (nSPS) is 13.9. The van der Waals surface area contributed by atoms with Gasteiger partial charge < -0.3 is 0 Å². The number of fused-ring (bicyclic) bond motifs is 3. The van der Waals surface area contributed by atoms with E-state index < -0.39 is 0 Å². The number of rotatable bonds is 17. The topological polar surface area (TPSA) is 0 Å². The van der Waals surface area contributed by atoms with Crippen molar-refractivity contribution in [2.45, 2.75) is 149 Å². The Kier molecular flexibility index (Phi) is 11.4. The maximum atomic E-state index is 2.66. The quantitative estimate of drug-likeness (QED) is 0.200. The highest BCUT2D eigenvalue weighted by Crippen LogP contribution is 2.55. The number of hydrogen-bond acceptors (Lipinski definition) is 0. The molecule has 1 aliphatic carbocycles. The fraction of sp³-hybridized carbons (Fsp3) is 0.657. The first kappa shape index (κ1) is 28.0. The van der Waals surface area contributed by atoms with E-state index in [9.17, 15) is 0 Å². The molecule has 0 aromatic heterocycles. The molecule has 0 fully saturated rings. The van der Waals surface area contributed by atoms with E-state index >= 15 is 0 Å². The lowest BCUT2D eigenvalue weighted by molar-refractivity contribution is 0.397. The molecule has 2 aromatic rings. The van der Waals surface area contributed by atoms with Crippen LogP contribution in [-0.2, 0) is 5.41 Å². The van der Waals surface area contributed by atoms with Crippen LogP contribution in [-0.4, -0.2) is 0 Å². The Morgan fingerprint density at radius 1 is 0.571 bits per heavy atom. The van der Waals surface area contributed by atoms with Crippen molar-refractivity contribution in [2.75, 3.05) is 0 Å². The lowest BCUT2D eigenvalue weighted by Gasteiger charge is -2.34. The van der Waals surface area contributed by atoms with Crippen LogP contribution in [0.3, 0.4) is 0 Å². The van der Waals surface area contributed by atoms with Crippen LogP contribution in [0.5, 0.6) is 0 Å². The highest BCUT2D eigenvalue weighted by molar-refractivity contribution is 5.81. The lowest BCUT2D eigenvalue weighted by Crippen LogP contribution is -2.26. The lowest BCUT2D eigenvalue weighted by atomic mass is 9.70. The third-order valence-corrected chi connectivity index (χ3v) is 8.91. The van der Waals surface area contributed by atoms with E-state index in [1.807, 2.05) is 0 Å². The molecular formula is C35H54. The van der Waals surface area contributed by atoms with Gasteiger partial charge in [0.25, 0.3) is 0 Å². The van der Waals surface area contributed by atoms with E-state index in [-0.39, 0.29) is 5.41 Å². The zero-order valence-corrected chi connectivity index (χ0v) is 23.9. The summed E-state index contributed by atoms with van der Waals surface area (Å²) < 4.78 is 0. The second kappa shape index (κ2) is 14.2. The fourth-order valence-corrected chi connectivity index (χ4v) is 6.72. The Morgan fingerprint density at radius 3 is 1.60 bits per heavy atom. The minimum Gasteiger partial charge on any atom is -0.0654 e. The van der Waals surface area contributed by atoms with Crippen molar-refractivity contribution in [1.29, 1.82) is 0 Å². The summed E-state index contributed by atoms with van der Waals surface area (Å²) in [7, 11) is 0. The van der Waals surface area contributed by atoms with Crippen LogP contribution in [0.1, 0.15) is 159 Å². The van der Waals surface area contributed by atoms with Gasteiger partial charge in [0.1, 0.15) is 0 Å². The summed E-state index contributed by atoms with van der Waals surface area (Å²) in [6.45, 7) is 11.7. The van der Waals surface area contributed by atoms with Gasteiger partial charge in [-0.1, -0.05) is 147 Å². The molecule has 0 heteroatoms. The van der Waals surface area contributed by atoms with Crippen molar-refractivity contribution in [3.05, 3.63) is 58.7 Å². The summed E-state index contributed by atoms with van der Waals surface area (Å²) in [6, 6.07) is 14.9. The molecule has 0 nitrogen and oxygen atoms in total. The number of aryl methyl sites for hydroxylation is 1. The monoisotopic (exact) mass is 474 g/mol. The summed E-state index contributed by atoms with van der Waals surface area (Å²) in [6.07, 6.45) is 21.7. The van der Waals surface area contributed by atoms with Gasteiger partial charge in [0, 0.05) is 5.41 Å². The van der Waals surface area contributed by atoms with Gasteiger partial charge in [0.05, 0.1) is 0 Å². The molecule has 2 aromatic carbocycles. The second-order valence-corrected chi connectivity index (χ2v) is 11.5. The smallest absolute Gasteiger partial charge is 0.0215 e. The molecule has 0 atom stereocenters. The van der Waals surface area contributed by atoms with Gasteiger partial charge in [-0.2, -0.15) is 0 Å². The van der Waals surface area contributed by atoms with Crippen LogP contribution in [0.15, 0.2) is 36.4 Å². The van der Waals surface area contributed by atoms with Crippen molar-refractivity contribution >= 4 is 0 Å². The molecule has 0 saturated carbocycles. The summed E-state index contributed by atoms with van der Waals surface area (Å²) in [5.74, 6) is 0.687. The summed E-state index contributed by atoms with van der Waals surface area (Å²) in [5.41, 5.74) is 9.60. The van der Waals surface area contributed by atoms with Crippen LogP contribution in [0, 0.1) is 6.92 Å². The molecule has 194 valence electrons. The summed E-state index contributed by atoms with van der Waals surface area (Å²) in [5, 5.41) is 0. The Hall–Kier alpha value is -1.56. The van der Waals surface area contributed by atoms with Gasteiger partial charge in [-0.3, -0.25) is 0 Å².